The van der Waals surface area contributed by atoms with Crippen LogP contribution in [0, 0.1) is 0 Å². The first-order valence-corrected chi connectivity index (χ1v) is 3.89. The van der Waals surface area contributed by atoms with Gasteiger partial charge in [0.05, 0.1) is 6.61 Å². The molecule has 0 bridgehead atoms. The number of nitrogens with zero attached hydrogens (tertiary/aromatic N) is 2. The number of carbonyl (C=O) groups excluding carboxylic acids is 1. The minimum Gasteiger partial charge on any atom is -0.465 e. The lowest BCUT2D eigenvalue weighted by molar-refractivity contribution is 0.229. The Balaban J connectivity index is 2.52. The zero-order valence-corrected chi connectivity index (χ0v) is 7.14. The maximum atomic E-state index is 10.9. The monoisotopic (exact) mass is 175 g/mol. The van der Waals surface area contributed by atoms with Gasteiger partial charge in [0.1, 0.15) is 12.1 Å². The molecule has 1 aliphatic heterocycles. The van der Waals surface area contributed by atoms with Crippen LogP contribution in [0.25, 0.3) is 0 Å². The molecule has 11 heavy (non-hydrogen) atoms. The van der Waals surface area contributed by atoms with E-state index in [9.17, 15) is 4.79 Å². The Hall–Kier alpha value is -0.910. The van der Waals surface area contributed by atoms with Crippen molar-refractivity contribution >= 4 is 24.2 Å². The van der Waals surface area contributed by atoms with Crippen LogP contribution in [-0.2, 0) is 4.74 Å². The molecule has 0 aromatic carbocycles. The molecule has 1 aliphatic rings. The summed E-state index contributed by atoms with van der Waals surface area (Å²) in [7, 11) is 1.63. The van der Waals surface area contributed by atoms with Gasteiger partial charge >= 0.3 is 12.1 Å². The van der Waals surface area contributed by atoms with E-state index in [1.807, 2.05) is 6.92 Å². The molecule has 2 amide bonds. The molecular formula is C5H9N3O2S. The third-order valence-corrected chi connectivity index (χ3v) is 1.69. The third kappa shape index (κ3) is 2.01. The van der Waals surface area contributed by atoms with Crippen molar-refractivity contribution in [3.63, 3.8) is 0 Å². The number of rotatable bonds is 1. The lowest BCUT2D eigenvalue weighted by Gasteiger charge is -2.19. The van der Waals surface area contributed by atoms with Crippen LogP contribution in [0.4, 0.5) is 4.79 Å². The second kappa shape index (κ2) is 3.47. The van der Waals surface area contributed by atoms with Gasteiger partial charge in [-0.15, -0.1) is 4.40 Å². The SMILES string of the molecule is CCOC1=NSN(C)C(=O)N1. The smallest absolute Gasteiger partial charge is 0.336 e. The molecule has 1 N–H and O–H groups in total. The van der Waals surface area contributed by atoms with Crippen molar-refractivity contribution in [3.05, 3.63) is 0 Å². The maximum Gasteiger partial charge on any atom is 0.336 e. The zero-order valence-electron chi connectivity index (χ0n) is 6.33. The molecular weight excluding hydrogens is 166 g/mol. The van der Waals surface area contributed by atoms with E-state index in [-0.39, 0.29) is 12.1 Å². The van der Waals surface area contributed by atoms with Gasteiger partial charge in [-0.05, 0) is 6.92 Å². The Morgan fingerprint density at radius 3 is 3.09 bits per heavy atom. The molecule has 0 aromatic rings. The quantitative estimate of drug-likeness (QED) is 0.594. The molecule has 62 valence electrons. The normalized spacial score (nSPS) is 17.5. The number of hydrogen-bond donors (Lipinski definition) is 1. The average Bonchev–Trinajstić information content (AvgIpc) is 1.98. The Morgan fingerprint density at radius 2 is 2.55 bits per heavy atom. The standard InChI is InChI=1S/C5H9N3O2S/c1-3-10-4-6-5(9)8(2)11-7-4/h3H2,1-2H3,(H,6,7,9). The number of amidine groups is 1. The van der Waals surface area contributed by atoms with Crippen molar-refractivity contribution in [1.82, 2.24) is 9.62 Å². The predicted octanol–water partition coefficient (Wildman–Crippen LogP) is 0.597. The van der Waals surface area contributed by atoms with Crippen LogP contribution in [0.2, 0.25) is 0 Å². The summed E-state index contributed by atoms with van der Waals surface area (Å²) in [6.07, 6.45) is 0. The molecule has 0 radical (unpaired) electrons. The first-order valence-electron chi connectivity index (χ1n) is 3.16. The van der Waals surface area contributed by atoms with E-state index in [1.165, 1.54) is 4.31 Å². The Morgan fingerprint density at radius 1 is 1.82 bits per heavy atom. The van der Waals surface area contributed by atoms with Gasteiger partial charge in [0, 0.05) is 7.05 Å². The molecule has 0 atom stereocenters. The molecule has 6 heteroatoms. The van der Waals surface area contributed by atoms with Gasteiger partial charge < -0.3 is 4.74 Å². The summed E-state index contributed by atoms with van der Waals surface area (Å²) in [6.45, 7) is 2.33. The first-order chi connectivity index (χ1) is 5.24. The lowest BCUT2D eigenvalue weighted by Crippen LogP contribution is -2.41. The highest BCUT2D eigenvalue weighted by Crippen LogP contribution is 2.12. The van der Waals surface area contributed by atoms with Crippen LogP contribution in [0.1, 0.15) is 6.92 Å². The van der Waals surface area contributed by atoms with Crippen LogP contribution < -0.4 is 5.32 Å². The summed E-state index contributed by atoms with van der Waals surface area (Å²) in [5.41, 5.74) is 0. The van der Waals surface area contributed by atoms with E-state index < -0.39 is 0 Å². The van der Waals surface area contributed by atoms with Crippen LogP contribution in [0.5, 0.6) is 0 Å². The first kappa shape index (κ1) is 8.19. The van der Waals surface area contributed by atoms with Crippen molar-refractivity contribution < 1.29 is 9.53 Å². The van der Waals surface area contributed by atoms with Crippen molar-refractivity contribution in [2.45, 2.75) is 6.92 Å². The third-order valence-electron chi connectivity index (χ3n) is 1.03. The summed E-state index contributed by atoms with van der Waals surface area (Å²) in [4.78, 5) is 10.9. The summed E-state index contributed by atoms with van der Waals surface area (Å²) in [5, 5.41) is 2.46. The summed E-state index contributed by atoms with van der Waals surface area (Å²) in [5.74, 6) is 0. The van der Waals surface area contributed by atoms with Crippen molar-refractivity contribution in [3.8, 4) is 0 Å². The van der Waals surface area contributed by atoms with E-state index >= 15 is 0 Å². The zero-order chi connectivity index (χ0) is 8.27. The lowest BCUT2D eigenvalue weighted by atomic mass is 10.8. The maximum absolute atomic E-state index is 10.9. The number of amides is 2. The van der Waals surface area contributed by atoms with Crippen molar-refractivity contribution in [1.29, 1.82) is 0 Å². The average molecular weight is 175 g/mol. The van der Waals surface area contributed by atoms with Gasteiger partial charge in [0.15, 0.2) is 0 Å². The summed E-state index contributed by atoms with van der Waals surface area (Å²) >= 11 is 1.06. The van der Waals surface area contributed by atoms with Gasteiger partial charge in [-0.2, -0.15) is 0 Å². The fourth-order valence-electron chi connectivity index (χ4n) is 0.528. The van der Waals surface area contributed by atoms with Gasteiger partial charge in [-0.3, -0.25) is 9.62 Å². The second-order valence-electron chi connectivity index (χ2n) is 1.84. The van der Waals surface area contributed by atoms with Crippen LogP contribution in [0.15, 0.2) is 4.40 Å². The highest BCUT2D eigenvalue weighted by molar-refractivity contribution is 7.96. The highest BCUT2D eigenvalue weighted by Gasteiger charge is 2.17. The summed E-state index contributed by atoms with van der Waals surface area (Å²) in [6, 6.07) is 0.0639. The van der Waals surface area contributed by atoms with Gasteiger partial charge in [-0.25, -0.2) is 4.79 Å². The molecule has 0 aromatic heterocycles. The highest BCUT2D eigenvalue weighted by atomic mass is 32.2. The van der Waals surface area contributed by atoms with E-state index in [0.29, 0.717) is 6.61 Å². The van der Waals surface area contributed by atoms with Crippen molar-refractivity contribution in [2.75, 3.05) is 13.7 Å². The fourth-order valence-corrected chi connectivity index (χ4v) is 0.942. The number of nitrogens with one attached hydrogen (secondary N) is 1. The predicted molar refractivity (Wildman–Crippen MR) is 42.9 cm³/mol. The molecule has 0 saturated heterocycles. The molecule has 0 saturated carbocycles. The molecule has 1 rings (SSSR count). The molecule has 0 aliphatic carbocycles. The van der Waals surface area contributed by atoms with Crippen LogP contribution in [0.3, 0.4) is 0 Å². The Labute approximate surface area is 69.1 Å². The number of ether oxygens (including phenoxy) is 1. The van der Waals surface area contributed by atoms with Gasteiger partial charge in [-0.1, -0.05) is 0 Å². The van der Waals surface area contributed by atoms with Crippen LogP contribution in [-0.4, -0.2) is 30.0 Å². The number of hydrogen-bond acceptors (Lipinski definition) is 4. The van der Waals surface area contributed by atoms with E-state index in [1.54, 1.807) is 7.05 Å². The number of urea groups is 1. The van der Waals surface area contributed by atoms with Gasteiger partial charge in [0.2, 0.25) is 0 Å². The van der Waals surface area contributed by atoms with E-state index in [2.05, 4.69) is 9.71 Å². The topological polar surface area (TPSA) is 53.9 Å². The minimum absolute atomic E-state index is 0.214. The molecule has 0 fully saturated rings. The molecule has 0 spiro atoms. The fraction of sp³-hybridized carbons (Fsp3) is 0.600. The van der Waals surface area contributed by atoms with E-state index in [4.69, 9.17) is 4.74 Å². The molecule has 0 unspecified atom stereocenters. The van der Waals surface area contributed by atoms with Crippen LogP contribution >= 0.6 is 12.1 Å². The van der Waals surface area contributed by atoms with Crippen molar-refractivity contribution in [2.24, 2.45) is 4.40 Å². The van der Waals surface area contributed by atoms with Gasteiger partial charge in [0.25, 0.3) is 0 Å². The largest absolute Gasteiger partial charge is 0.465 e. The Kier molecular flexibility index (Phi) is 2.58. The molecule has 5 nitrogen and oxygen atoms in total. The summed E-state index contributed by atoms with van der Waals surface area (Å²) < 4.78 is 10.2. The second-order valence-corrected chi connectivity index (χ2v) is 2.73. The Bertz CT molecular complexity index is 194. The molecule has 1 heterocycles. The minimum atomic E-state index is -0.214. The number of carbonyl (C=O) groups is 1. The van der Waals surface area contributed by atoms with E-state index in [0.717, 1.165) is 12.1 Å².